The number of benzene rings is 2. The first-order valence-corrected chi connectivity index (χ1v) is 9.65. The molecular weight excluding hydrogens is 376 g/mol. The van der Waals surface area contributed by atoms with E-state index in [9.17, 15) is 5.11 Å². The van der Waals surface area contributed by atoms with E-state index in [1.165, 1.54) is 0 Å². The van der Waals surface area contributed by atoms with Gasteiger partial charge < -0.3 is 33.5 Å². The number of hydrogen-bond donors (Lipinski definition) is 1. The maximum absolute atomic E-state index is 11.1. The first kappa shape index (κ1) is 18.4. The summed E-state index contributed by atoms with van der Waals surface area (Å²) >= 11 is 0. The Kier molecular flexibility index (Phi) is 4.44. The van der Waals surface area contributed by atoms with Crippen molar-refractivity contribution in [3.8, 4) is 28.7 Å². The van der Waals surface area contributed by atoms with Gasteiger partial charge in [-0.1, -0.05) is 0 Å². The van der Waals surface area contributed by atoms with Gasteiger partial charge in [-0.05, 0) is 41.0 Å². The van der Waals surface area contributed by atoms with Crippen LogP contribution in [0.1, 0.15) is 28.7 Å². The third-order valence-electron chi connectivity index (χ3n) is 6.28. The van der Waals surface area contributed by atoms with Crippen LogP contribution in [0.4, 0.5) is 0 Å². The molecule has 0 spiro atoms. The Bertz CT molecular complexity index is 916. The number of methoxy groups -OCH3 is 3. The fourth-order valence-corrected chi connectivity index (χ4v) is 4.92. The number of rotatable bonds is 4. The van der Waals surface area contributed by atoms with Gasteiger partial charge in [-0.2, -0.15) is 0 Å². The van der Waals surface area contributed by atoms with Crippen molar-refractivity contribution in [3.05, 3.63) is 41.0 Å². The zero-order chi connectivity index (χ0) is 20.1. The van der Waals surface area contributed by atoms with Crippen molar-refractivity contribution in [3.63, 3.8) is 0 Å². The molecule has 0 amide bonds. The van der Waals surface area contributed by atoms with Crippen LogP contribution in [-0.4, -0.2) is 46.4 Å². The number of ether oxygens (including phenoxy) is 6. The van der Waals surface area contributed by atoms with Crippen molar-refractivity contribution < 1.29 is 33.5 Å². The molecule has 5 rings (SSSR count). The smallest absolute Gasteiger partial charge is 0.231 e. The molecule has 2 aromatic rings. The maximum Gasteiger partial charge on any atom is 0.231 e. The van der Waals surface area contributed by atoms with Crippen LogP contribution in [0.2, 0.25) is 0 Å². The van der Waals surface area contributed by atoms with Crippen LogP contribution in [-0.2, 0) is 4.74 Å². The molecule has 2 aromatic carbocycles. The normalized spacial score (nSPS) is 26.6. The molecule has 7 heteroatoms. The van der Waals surface area contributed by atoms with E-state index >= 15 is 0 Å². The summed E-state index contributed by atoms with van der Waals surface area (Å²) < 4.78 is 33.6. The number of hydrogen-bond acceptors (Lipinski definition) is 7. The molecule has 3 aliphatic rings. The van der Waals surface area contributed by atoms with Crippen LogP contribution in [0.3, 0.4) is 0 Å². The molecule has 29 heavy (non-hydrogen) atoms. The Labute approximate surface area is 169 Å². The minimum absolute atomic E-state index is 0.00645. The first-order valence-electron chi connectivity index (χ1n) is 9.65. The third kappa shape index (κ3) is 2.72. The van der Waals surface area contributed by atoms with Crippen molar-refractivity contribution in [2.24, 2.45) is 11.8 Å². The van der Waals surface area contributed by atoms with Gasteiger partial charge in [0.1, 0.15) is 0 Å². The Morgan fingerprint density at radius 2 is 1.45 bits per heavy atom. The molecule has 0 radical (unpaired) electrons. The van der Waals surface area contributed by atoms with Gasteiger partial charge in [0.25, 0.3) is 0 Å². The molecule has 154 valence electrons. The highest BCUT2D eigenvalue weighted by atomic mass is 16.7. The second-order valence-electron chi connectivity index (χ2n) is 7.58. The van der Waals surface area contributed by atoms with Crippen LogP contribution in [0.25, 0.3) is 0 Å². The van der Waals surface area contributed by atoms with Gasteiger partial charge in [0.15, 0.2) is 23.0 Å². The summed E-state index contributed by atoms with van der Waals surface area (Å²) in [7, 11) is 4.81. The van der Waals surface area contributed by atoms with Crippen LogP contribution in [0, 0.1) is 11.8 Å². The lowest BCUT2D eigenvalue weighted by Gasteiger charge is -2.38. The highest BCUT2D eigenvalue weighted by Gasteiger charge is 2.47. The minimum atomic E-state index is -0.606. The molecule has 2 aliphatic heterocycles. The fraction of sp³-hybridized carbons (Fsp3) is 0.455. The van der Waals surface area contributed by atoms with Crippen molar-refractivity contribution in [1.82, 2.24) is 0 Å². The van der Waals surface area contributed by atoms with Gasteiger partial charge in [0.05, 0.1) is 40.6 Å². The molecule has 0 unspecified atom stereocenters. The number of aliphatic hydroxyl groups excluding tert-OH is 1. The molecule has 0 saturated carbocycles. The van der Waals surface area contributed by atoms with Crippen LogP contribution in [0.15, 0.2) is 24.3 Å². The van der Waals surface area contributed by atoms with Gasteiger partial charge in [-0.25, -0.2) is 0 Å². The van der Waals surface area contributed by atoms with E-state index in [2.05, 4.69) is 0 Å². The Morgan fingerprint density at radius 3 is 2.07 bits per heavy atom. The number of fused-ring (bicyclic) bond motifs is 3. The van der Waals surface area contributed by atoms with Crippen LogP contribution in [0.5, 0.6) is 28.7 Å². The Hall–Kier alpha value is -2.64. The average molecular weight is 400 g/mol. The molecular formula is C22H24O7. The summed E-state index contributed by atoms with van der Waals surface area (Å²) in [5, 5.41) is 11.1. The SMILES string of the molecule is COc1cc([C@@H]2c3cc4c(cc3[C@@H](O)[C@H]3COC[C@H]23)OCO4)cc(OC)c1OC. The van der Waals surface area contributed by atoms with Crippen molar-refractivity contribution in [1.29, 1.82) is 0 Å². The van der Waals surface area contributed by atoms with E-state index in [4.69, 9.17) is 28.4 Å². The predicted molar refractivity (Wildman–Crippen MR) is 103 cm³/mol. The van der Waals surface area contributed by atoms with Crippen molar-refractivity contribution in [2.45, 2.75) is 12.0 Å². The van der Waals surface area contributed by atoms with E-state index < -0.39 is 6.10 Å². The summed E-state index contributed by atoms with van der Waals surface area (Å²) in [6.07, 6.45) is -0.606. The van der Waals surface area contributed by atoms with Gasteiger partial charge in [0.2, 0.25) is 12.5 Å². The summed E-state index contributed by atoms with van der Waals surface area (Å²) in [5.41, 5.74) is 2.90. The Balaban J connectivity index is 1.71. The summed E-state index contributed by atoms with van der Waals surface area (Å²) in [4.78, 5) is 0. The van der Waals surface area contributed by atoms with E-state index in [1.54, 1.807) is 21.3 Å². The molecule has 0 bridgehead atoms. The Morgan fingerprint density at radius 1 is 0.828 bits per heavy atom. The fourth-order valence-electron chi connectivity index (χ4n) is 4.92. The van der Waals surface area contributed by atoms with E-state index in [-0.39, 0.29) is 24.5 Å². The van der Waals surface area contributed by atoms with Gasteiger partial charge in [-0.15, -0.1) is 0 Å². The lowest BCUT2D eigenvalue weighted by atomic mass is 9.66. The van der Waals surface area contributed by atoms with E-state index in [0.717, 1.165) is 16.7 Å². The first-order chi connectivity index (χ1) is 14.2. The predicted octanol–water partition coefficient (Wildman–Crippen LogP) is 2.88. The van der Waals surface area contributed by atoms with Gasteiger partial charge in [0, 0.05) is 17.8 Å². The van der Waals surface area contributed by atoms with Gasteiger partial charge in [-0.3, -0.25) is 0 Å². The van der Waals surface area contributed by atoms with Gasteiger partial charge >= 0.3 is 0 Å². The third-order valence-corrected chi connectivity index (χ3v) is 6.28. The largest absolute Gasteiger partial charge is 0.493 e. The molecule has 1 saturated heterocycles. The standard InChI is InChI=1S/C22H24O7/c1-24-18-4-11(5-19(25-2)22(18)26-3)20-12-6-16-17(29-10-28-16)7-13(12)21(23)15-9-27-8-14(15)20/h4-7,14-15,20-21,23H,8-10H2,1-3H3/t14-,15-,20+,21+/m0/s1. The molecule has 1 aliphatic carbocycles. The molecule has 1 N–H and O–H groups in total. The minimum Gasteiger partial charge on any atom is -0.493 e. The van der Waals surface area contributed by atoms with E-state index in [1.807, 2.05) is 24.3 Å². The lowest BCUT2D eigenvalue weighted by molar-refractivity contribution is 0.0687. The average Bonchev–Trinajstić information content (AvgIpc) is 3.41. The van der Waals surface area contributed by atoms with Crippen LogP contribution >= 0.6 is 0 Å². The second kappa shape index (κ2) is 7.00. The summed E-state index contributed by atoms with van der Waals surface area (Å²) in [6, 6.07) is 7.85. The zero-order valence-corrected chi connectivity index (χ0v) is 16.6. The highest BCUT2D eigenvalue weighted by molar-refractivity contribution is 5.59. The monoisotopic (exact) mass is 400 g/mol. The maximum atomic E-state index is 11.1. The van der Waals surface area contributed by atoms with Crippen LogP contribution < -0.4 is 23.7 Å². The molecule has 2 heterocycles. The molecule has 1 fully saturated rings. The number of aliphatic hydroxyl groups is 1. The van der Waals surface area contributed by atoms with Crippen molar-refractivity contribution in [2.75, 3.05) is 41.3 Å². The molecule has 0 aromatic heterocycles. The lowest BCUT2D eigenvalue weighted by Crippen LogP contribution is -2.33. The summed E-state index contributed by atoms with van der Waals surface area (Å²) in [5.74, 6) is 3.25. The zero-order valence-electron chi connectivity index (χ0n) is 16.6. The topological polar surface area (TPSA) is 75.6 Å². The van der Waals surface area contributed by atoms with E-state index in [0.29, 0.717) is 42.0 Å². The quantitative estimate of drug-likeness (QED) is 0.846. The second-order valence-corrected chi connectivity index (χ2v) is 7.58. The molecule has 7 nitrogen and oxygen atoms in total. The summed E-state index contributed by atoms with van der Waals surface area (Å²) in [6.45, 7) is 1.30. The van der Waals surface area contributed by atoms with Crippen molar-refractivity contribution >= 4 is 0 Å². The highest BCUT2D eigenvalue weighted by Crippen LogP contribution is 2.55. The molecule has 4 atom stereocenters.